The van der Waals surface area contributed by atoms with E-state index >= 15 is 0 Å². The van der Waals surface area contributed by atoms with Gasteiger partial charge in [0.2, 0.25) is 0 Å². The van der Waals surface area contributed by atoms with Crippen LogP contribution in [0.2, 0.25) is 0 Å². The molecule has 5 rings (SSSR count). The van der Waals surface area contributed by atoms with Crippen LogP contribution < -0.4 is 5.32 Å². The number of halogens is 3. The van der Waals surface area contributed by atoms with Crippen molar-refractivity contribution >= 4 is 22.7 Å². The van der Waals surface area contributed by atoms with Crippen LogP contribution in [-0.4, -0.2) is 45.6 Å². The molecule has 1 aliphatic heterocycles. The normalized spacial score (nSPS) is 17.9. The molecule has 1 saturated heterocycles. The Hall–Kier alpha value is -3.36. The molecule has 6 nitrogen and oxygen atoms in total. The number of aromatic nitrogens is 2. The van der Waals surface area contributed by atoms with Crippen molar-refractivity contribution in [1.82, 2.24) is 20.0 Å². The van der Waals surface area contributed by atoms with E-state index in [2.05, 4.69) is 10.4 Å². The zero-order valence-corrected chi connectivity index (χ0v) is 18.1. The van der Waals surface area contributed by atoms with E-state index in [0.29, 0.717) is 18.7 Å². The second-order valence-electron chi connectivity index (χ2n) is 9.24. The molecular weight excluding hydrogens is 433 g/mol. The summed E-state index contributed by atoms with van der Waals surface area (Å²) < 4.78 is 41.8. The first-order valence-corrected chi connectivity index (χ1v) is 10.9. The first kappa shape index (κ1) is 21.5. The molecule has 2 aromatic carbocycles. The van der Waals surface area contributed by atoms with Crippen molar-refractivity contribution in [1.29, 1.82) is 0 Å². The van der Waals surface area contributed by atoms with Gasteiger partial charge in [-0.1, -0.05) is 0 Å². The summed E-state index contributed by atoms with van der Waals surface area (Å²) in [5.41, 5.74) is 1.20. The van der Waals surface area contributed by atoms with Gasteiger partial charge in [-0.25, -0.2) is 13.2 Å². The number of nitrogens with zero attached hydrogens (tertiary/aromatic N) is 3. The molecule has 2 amide bonds. The van der Waals surface area contributed by atoms with Gasteiger partial charge in [0.05, 0.1) is 5.52 Å². The lowest BCUT2D eigenvalue weighted by Gasteiger charge is -2.53. The summed E-state index contributed by atoms with van der Waals surface area (Å²) in [6, 6.07) is 6.96. The van der Waals surface area contributed by atoms with E-state index in [1.54, 1.807) is 10.7 Å². The largest absolute Gasteiger partial charge is 0.349 e. The van der Waals surface area contributed by atoms with Crippen molar-refractivity contribution in [3.05, 3.63) is 65.1 Å². The number of fused-ring (bicyclic) bond motifs is 1. The maximum Gasteiger partial charge on any atom is 0.254 e. The number of amides is 2. The van der Waals surface area contributed by atoms with E-state index in [1.807, 2.05) is 25.4 Å². The van der Waals surface area contributed by atoms with Crippen LogP contribution in [-0.2, 0) is 7.05 Å². The van der Waals surface area contributed by atoms with Crippen molar-refractivity contribution in [2.45, 2.75) is 31.7 Å². The fraction of sp³-hybridized carbons (Fsp3) is 0.375. The van der Waals surface area contributed by atoms with E-state index in [1.165, 1.54) is 4.90 Å². The fourth-order valence-electron chi connectivity index (χ4n) is 5.02. The molecule has 1 saturated carbocycles. The Morgan fingerprint density at radius 2 is 1.70 bits per heavy atom. The molecule has 172 valence electrons. The summed E-state index contributed by atoms with van der Waals surface area (Å²) in [6.07, 6.45) is 5.14. The summed E-state index contributed by atoms with van der Waals surface area (Å²) in [7, 11) is 1.84. The van der Waals surface area contributed by atoms with E-state index in [0.717, 1.165) is 48.7 Å². The molecule has 0 bridgehead atoms. The molecular formula is C24H23F3N4O2. The molecule has 2 fully saturated rings. The van der Waals surface area contributed by atoms with Gasteiger partial charge in [-0.05, 0) is 56.0 Å². The summed E-state index contributed by atoms with van der Waals surface area (Å²) in [5, 5.41) is 8.33. The fourth-order valence-corrected chi connectivity index (χ4v) is 5.02. The Morgan fingerprint density at radius 3 is 2.36 bits per heavy atom. The van der Waals surface area contributed by atoms with Gasteiger partial charge in [0, 0.05) is 54.3 Å². The van der Waals surface area contributed by atoms with Crippen LogP contribution in [0.4, 0.5) is 13.2 Å². The Kier molecular flexibility index (Phi) is 5.14. The predicted molar refractivity (Wildman–Crippen MR) is 115 cm³/mol. The van der Waals surface area contributed by atoms with Crippen molar-refractivity contribution in [3.63, 3.8) is 0 Å². The summed E-state index contributed by atoms with van der Waals surface area (Å²) in [6.45, 7) is 0.982. The van der Waals surface area contributed by atoms with E-state index in [9.17, 15) is 22.8 Å². The molecule has 1 aliphatic carbocycles. The molecule has 0 unspecified atom stereocenters. The molecule has 1 N–H and O–H groups in total. The Bertz CT molecular complexity index is 1230. The van der Waals surface area contributed by atoms with Gasteiger partial charge >= 0.3 is 0 Å². The predicted octanol–water partition coefficient (Wildman–Crippen LogP) is 3.81. The maximum absolute atomic E-state index is 13.5. The smallest absolute Gasteiger partial charge is 0.254 e. The van der Waals surface area contributed by atoms with Crippen molar-refractivity contribution in [2.24, 2.45) is 12.5 Å². The van der Waals surface area contributed by atoms with Gasteiger partial charge in [0.25, 0.3) is 11.8 Å². The van der Waals surface area contributed by atoms with Gasteiger partial charge in [0.15, 0.2) is 17.5 Å². The quantitative estimate of drug-likeness (QED) is 0.610. The standard InChI is InChI=1S/C24H23F3N4O2/c1-30-11-16-8-14(2-3-20(16)29-30)22(32)28-17-4-6-24(7-5-17)12-31(13-24)23(33)15-9-18(25)21(27)19(26)10-15/h2-3,8-11,17H,4-7,12-13H2,1H3,(H,28,32). The Labute approximate surface area is 188 Å². The van der Waals surface area contributed by atoms with Crippen LogP contribution in [0.3, 0.4) is 0 Å². The minimum atomic E-state index is -1.58. The average molecular weight is 456 g/mol. The SMILES string of the molecule is Cn1cc2cc(C(=O)NC3CCC4(CC3)CN(C(=O)c3cc(F)c(F)c(F)c3)C4)ccc2n1. The molecule has 33 heavy (non-hydrogen) atoms. The van der Waals surface area contributed by atoms with Crippen molar-refractivity contribution in [3.8, 4) is 0 Å². The third kappa shape index (κ3) is 3.96. The van der Waals surface area contributed by atoms with Gasteiger partial charge in [-0.3, -0.25) is 14.3 Å². The van der Waals surface area contributed by atoms with Crippen molar-refractivity contribution in [2.75, 3.05) is 13.1 Å². The monoisotopic (exact) mass is 456 g/mol. The number of likely N-dealkylation sites (tertiary alicyclic amines) is 1. The highest BCUT2D eigenvalue weighted by atomic mass is 19.2. The van der Waals surface area contributed by atoms with Crippen LogP contribution in [0.1, 0.15) is 46.4 Å². The molecule has 3 aromatic rings. The first-order valence-electron chi connectivity index (χ1n) is 10.9. The second-order valence-corrected chi connectivity index (χ2v) is 9.24. The second kappa shape index (κ2) is 7.90. The summed E-state index contributed by atoms with van der Waals surface area (Å²) in [5.74, 6) is -4.93. The summed E-state index contributed by atoms with van der Waals surface area (Å²) in [4.78, 5) is 26.8. The lowest BCUT2D eigenvalue weighted by molar-refractivity contribution is -0.0199. The number of hydrogen-bond acceptors (Lipinski definition) is 3. The van der Waals surface area contributed by atoms with Crippen molar-refractivity contribution < 1.29 is 22.8 Å². The lowest BCUT2D eigenvalue weighted by Crippen LogP contribution is -2.60. The van der Waals surface area contributed by atoms with Gasteiger partial charge in [-0.2, -0.15) is 5.10 Å². The van der Waals surface area contributed by atoms with E-state index in [4.69, 9.17) is 0 Å². The minimum absolute atomic E-state index is 0.0391. The average Bonchev–Trinajstić information content (AvgIpc) is 3.15. The highest BCUT2D eigenvalue weighted by Gasteiger charge is 2.47. The number of hydrogen-bond donors (Lipinski definition) is 1. The van der Waals surface area contributed by atoms with Gasteiger partial charge in [0.1, 0.15) is 0 Å². The zero-order chi connectivity index (χ0) is 23.3. The highest BCUT2D eigenvalue weighted by Crippen LogP contribution is 2.44. The van der Waals surface area contributed by atoms with Crippen LogP contribution in [0.5, 0.6) is 0 Å². The number of carbonyl (C=O) groups excluding carboxylic acids is 2. The van der Waals surface area contributed by atoms with Crippen LogP contribution in [0.15, 0.2) is 36.5 Å². The number of carbonyl (C=O) groups is 2. The van der Waals surface area contributed by atoms with Crippen LogP contribution >= 0.6 is 0 Å². The topological polar surface area (TPSA) is 67.2 Å². The van der Waals surface area contributed by atoms with Gasteiger partial charge in [-0.15, -0.1) is 0 Å². The Morgan fingerprint density at radius 1 is 1.03 bits per heavy atom. The molecule has 1 spiro atoms. The zero-order valence-electron chi connectivity index (χ0n) is 18.1. The molecule has 0 atom stereocenters. The molecule has 1 aromatic heterocycles. The van der Waals surface area contributed by atoms with Gasteiger partial charge < -0.3 is 10.2 Å². The third-order valence-corrected chi connectivity index (χ3v) is 6.83. The van der Waals surface area contributed by atoms with E-state index < -0.39 is 23.4 Å². The van der Waals surface area contributed by atoms with E-state index in [-0.39, 0.29) is 22.9 Å². The molecule has 2 aliphatic rings. The third-order valence-electron chi connectivity index (χ3n) is 6.83. The lowest BCUT2D eigenvalue weighted by atomic mass is 9.67. The summed E-state index contributed by atoms with van der Waals surface area (Å²) >= 11 is 0. The first-order chi connectivity index (χ1) is 15.7. The number of benzene rings is 2. The number of aryl methyl sites for hydroxylation is 1. The van der Waals surface area contributed by atoms with Crippen LogP contribution in [0.25, 0.3) is 10.9 Å². The number of nitrogens with one attached hydrogen (secondary N) is 1. The molecule has 0 radical (unpaired) electrons. The molecule has 9 heteroatoms. The van der Waals surface area contributed by atoms with Crippen LogP contribution in [0, 0.1) is 22.9 Å². The minimum Gasteiger partial charge on any atom is -0.349 e. The molecule has 2 heterocycles. The number of rotatable bonds is 3. The highest BCUT2D eigenvalue weighted by molar-refractivity contribution is 5.98. The Balaban J connectivity index is 1.15. The maximum atomic E-state index is 13.5.